The van der Waals surface area contributed by atoms with Crippen LogP contribution >= 0.6 is 0 Å². The first-order chi connectivity index (χ1) is 12.5. The van der Waals surface area contributed by atoms with Gasteiger partial charge in [0.25, 0.3) is 0 Å². The third kappa shape index (κ3) is 5.79. The summed E-state index contributed by atoms with van der Waals surface area (Å²) in [4.78, 5) is 30.8. The van der Waals surface area contributed by atoms with Gasteiger partial charge >= 0.3 is 0 Å². The summed E-state index contributed by atoms with van der Waals surface area (Å²) in [7, 11) is 1.78. The van der Waals surface area contributed by atoms with Gasteiger partial charge in [-0.25, -0.2) is 4.68 Å². The minimum absolute atomic E-state index is 0.0391. The number of anilines is 1. The van der Waals surface area contributed by atoms with Crippen LogP contribution < -0.4 is 10.6 Å². The fourth-order valence-electron chi connectivity index (χ4n) is 3.23. The van der Waals surface area contributed by atoms with Crippen molar-refractivity contribution in [1.82, 2.24) is 25.0 Å². The number of carbonyl (C=O) groups excluding carboxylic acids is 2. The van der Waals surface area contributed by atoms with Crippen molar-refractivity contribution in [2.75, 3.05) is 31.5 Å². The Morgan fingerprint density at radius 2 is 1.85 bits per heavy atom. The van der Waals surface area contributed by atoms with Crippen LogP contribution in [0.5, 0.6) is 0 Å². The fraction of sp³-hybridized carbons (Fsp3) is 0.778. The SMILES string of the molecule is CCCN(CCC)C(=O)CCC(=O)Nc1nc(C2CCNCC2)nn1C. The molecule has 2 amide bonds. The van der Waals surface area contributed by atoms with E-state index in [-0.39, 0.29) is 24.7 Å². The molecule has 2 heterocycles. The highest BCUT2D eigenvalue weighted by atomic mass is 16.2. The summed E-state index contributed by atoms with van der Waals surface area (Å²) in [6.45, 7) is 7.54. The Morgan fingerprint density at radius 3 is 2.46 bits per heavy atom. The Morgan fingerprint density at radius 1 is 1.19 bits per heavy atom. The molecule has 2 N–H and O–H groups in total. The third-order valence-electron chi connectivity index (χ3n) is 4.64. The zero-order chi connectivity index (χ0) is 18.9. The molecule has 1 saturated heterocycles. The van der Waals surface area contributed by atoms with Crippen molar-refractivity contribution in [2.45, 2.75) is 58.3 Å². The van der Waals surface area contributed by atoms with Gasteiger partial charge in [-0.1, -0.05) is 13.8 Å². The maximum absolute atomic E-state index is 12.3. The van der Waals surface area contributed by atoms with E-state index < -0.39 is 0 Å². The van der Waals surface area contributed by atoms with Crippen LogP contribution in [0.25, 0.3) is 0 Å². The lowest BCUT2D eigenvalue weighted by Crippen LogP contribution is -2.33. The van der Waals surface area contributed by atoms with Crippen LogP contribution in [-0.2, 0) is 16.6 Å². The molecule has 0 spiro atoms. The molecule has 8 nitrogen and oxygen atoms in total. The predicted octanol–water partition coefficient (Wildman–Crippen LogP) is 1.65. The van der Waals surface area contributed by atoms with E-state index in [4.69, 9.17) is 0 Å². The molecule has 146 valence electrons. The number of nitrogens with one attached hydrogen (secondary N) is 2. The molecule has 8 heteroatoms. The number of carbonyl (C=O) groups is 2. The Hall–Kier alpha value is -1.96. The summed E-state index contributed by atoms with van der Waals surface area (Å²) in [5, 5.41) is 10.6. The van der Waals surface area contributed by atoms with E-state index in [0.717, 1.165) is 57.7 Å². The first kappa shape index (κ1) is 20.4. The van der Waals surface area contributed by atoms with Gasteiger partial charge < -0.3 is 10.2 Å². The van der Waals surface area contributed by atoms with Gasteiger partial charge in [-0.15, -0.1) is 0 Å². The number of amides is 2. The monoisotopic (exact) mass is 364 g/mol. The van der Waals surface area contributed by atoms with Gasteiger partial charge in [0.2, 0.25) is 17.8 Å². The molecule has 1 aliphatic heterocycles. The largest absolute Gasteiger partial charge is 0.343 e. The Balaban J connectivity index is 1.85. The van der Waals surface area contributed by atoms with Gasteiger partial charge in [-0.2, -0.15) is 10.1 Å². The van der Waals surface area contributed by atoms with Crippen molar-refractivity contribution in [3.05, 3.63) is 5.82 Å². The van der Waals surface area contributed by atoms with Crippen molar-refractivity contribution in [3.63, 3.8) is 0 Å². The number of hydrogen-bond donors (Lipinski definition) is 2. The average molecular weight is 364 g/mol. The summed E-state index contributed by atoms with van der Waals surface area (Å²) in [5.41, 5.74) is 0. The van der Waals surface area contributed by atoms with Gasteiger partial charge in [-0.3, -0.25) is 14.9 Å². The van der Waals surface area contributed by atoms with Crippen LogP contribution in [0, 0.1) is 0 Å². The van der Waals surface area contributed by atoms with Gasteiger partial charge in [0.1, 0.15) is 0 Å². The molecule has 0 bridgehead atoms. The van der Waals surface area contributed by atoms with Crippen molar-refractivity contribution < 1.29 is 9.59 Å². The maximum atomic E-state index is 12.3. The van der Waals surface area contributed by atoms with E-state index in [1.165, 1.54) is 0 Å². The Bertz CT molecular complexity index is 589. The number of rotatable bonds is 9. The van der Waals surface area contributed by atoms with E-state index in [1.54, 1.807) is 11.7 Å². The van der Waals surface area contributed by atoms with Crippen molar-refractivity contribution in [1.29, 1.82) is 0 Å². The molecular weight excluding hydrogens is 332 g/mol. The quantitative estimate of drug-likeness (QED) is 0.695. The van der Waals surface area contributed by atoms with Gasteiger partial charge in [-0.05, 0) is 38.8 Å². The first-order valence-electron chi connectivity index (χ1n) is 9.74. The van der Waals surface area contributed by atoms with Gasteiger partial charge in [0.05, 0.1) is 0 Å². The Labute approximate surface area is 155 Å². The fourth-order valence-corrected chi connectivity index (χ4v) is 3.23. The average Bonchev–Trinajstić information content (AvgIpc) is 3.01. The molecule has 0 aromatic carbocycles. The van der Waals surface area contributed by atoms with Gasteiger partial charge in [0.15, 0.2) is 5.82 Å². The van der Waals surface area contributed by atoms with Crippen LogP contribution in [0.2, 0.25) is 0 Å². The van der Waals surface area contributed by atoms with Gasteiger partial charge in [0, 0.05) is 38.9 Å². The molecule has 1 fully saturated rings. The third-order valence-corrected chi connectivity index (χ3v) is 4.64. The number of aryl methyl sites for hydroxylation is 1. The molecule has 0 atom stereocenters. The lowest BCUT2D eigenvalue weighted by Gasteiger charge is -2.21. The summed E-state index contributed by atoms with van der Waals surface area (Å²) >= 11 is 0. The molecule has 1 aromatic rings. The highest BCUT2D eigenvalue weighted by Crippen LogP contribution is 2.23. The standard InChI is InChI=1S/C18H32N6O2/c1-4-12-24(13-5-2)16(26)7-6-15(25)20-18-21-17(22-23(18)3)14-8-10-19-11-9-14/h14,19H,4-13H2,1-3H3,(H,20,21,22,25). The van der Waals surface area contributed by atoms with Crippen LogP contribution in [0.15, 0.2) is 0 Å². The van der Waals surface area contributed by atoms with Crippen molar-refractivity contribution in [3.8, 4) is 0 Å². The first-order valence-corrected chi connectivity index (χ1v) is 9.74. The highest BCUT2D eigenvalue weighted by molar-refractivity contribution is 5.91. The minimum atomic E-state index is -0.196. The van der Waals surface area contributed by atoms with E-state index in [9.17, 15) is 9.59 Å². The minimum Gasteiger partial charge on any atom is -0.343 e. The smallest absolute Gasteiger partial charge is 0.227 e. The van der Waals surface area contributed by atoms with Crippen LogP contribution in [0.1, 0.15) is 64.1 Å². The summed E-state index contributed by atoms with van der Waals surface area (Å²) in [6, 6.07) is 0. The second-order valence-corrected chi connectivity index (χ2v) is 6.87. The molecule has 1 aromatic heterocycles. The second-order valence-electron chi connectivity index (χ2n) is 6.87. The maximum Gasteiger partial charge on any atom is 0.227 e. The zero-order valence-corrected chi connectivity index (χ0v) is 16.3. The molecular formula is C18H32N6O2. The molecule has 0 unspecified atom stereocenters. The highest BCUT2D eigenvalue weighted by Gasteiger charge is 2.21. The lowest BCUT2D eigenvalue weighted by atomic mass is 9.98. The van der Waals surface area contributed by atoms with E-state index in [0.29, 0.717) is 11.9 Å². The van der Waals surface area contributed by atoms with Crippen LogP contribution in [-0.4, -0.2) is 57.7 Å². The lowest BCUT2D eigenvalue weighted by molar-refractivity contribution is -0.133. The molecule has 1 aliphatic rings. The summed E-state index contributed by atoms with van der Waals surface area (Å²) in [6.07, 6.45) is 4.27. The molecule has 0 saturated carbocycles. The topological polar surface area (TPSA) is 92.2 Å². The molecule has 26 heavy (non-hydrogen) atoms. The number of piperidine rings is 1. The van der Waals surface area contributed by atoms with E-state index >= 15 is 0 Å². The number of hydrogen-bond acceptors (Lipinski definition) is 5. The van der Waals surface area contributed by atoms with E-state index in [1.807, 2.05) is 4.90 Å². The normalized spacial score (nSPS) is 15.0. The predicted molar refractivity (Wildman–Crippen MR) is 101 cm³/mol. The number of nitrogens with zero attached hydrogens (tertiary/aromatic N) is 4. The number of aromatic nitrogens is 3. The van der Waals surface area contributed by atoms with Crippen molar-refractivity contribution in [2.24, 2.45) is 7.05 Å². The zero-order valence-electron chi connectivity index (χ0n) is 16.3. The van der Waals surface area contributed by atoms with Crippen molar-refractivity contribution >= 4 is 17.8 Å². The molecule has 2 rings (SSSR count). The Kier molecular flexibility index (Phi) is 8.03. The molecule has 0 radical (unpaired) electrons. The van der Waals surface area contributed by atoms with Crippen LogP contribution in [0.4, 0.5) is 5.95 Å². The second kappa shape index (κ2) is 10.3. The summed E-state index contributed by atoms with van der Waals surface area (Å²) < 4.78 is 1.61. The van der Waals surface area contributed by atoms with E-state index in [2.05, 4.69) is 34.6 Å². The molecule has 0 aliphatic carbocycles. The summed E-state index contributed by atoms with van der Waals surface area (Å²) in [5.74, 6) is 1.43. The van der Waals surface area contributed by atoms with Crippen LogP contribution in [0.3, 0.4) is 0 Å².